The van der Waals surface area contributed by atoms with E-state index in [0.717, 1.165) is 11.1 Å². The maximum absolute atomic E-state index is 13.9. The summed E-state index contributed by atoms with van der Waals surface area (Å²) in [7, 11) is 0. The largest absolute Gasteiger partial charge is 0.321 e. The summed E-state index contributed by atoms with van der Waals surface area (Å²) in [4.78, 5) is 0. The molecule has 2 rings (SSSR count). The fraction of sp³-hybridized carbons (Fsp3) is 0.250. The first-order chi connectivity index (χ1) is 8.49. The minimum atomic E-state index is -0.697. The normalized spacial score (nSPS) is 14.2. The molecule has 0 saturated heterocycles. The Labute approximate surface area is 107 Å². The van der Waals surface area contributed by atoms with Gasteiger partial charge in [0.15, 0.2) is 0 Å². The van der Waals surface area contributed by atoms with Crippen molar-refractivity contribution in [3.05, 3.63) is 71.0 Å². The Kier molecular flexibility index (Phi) is 3.48. The van der Waals surface area contributed by atoms with Crippen LogP contribution in [0.1, 0.15) is 23.6 Å². The van der Waals surface area contributed by atoms with Crippen LogP contribution in [-0.2, 0) is 12.0 Å². The molecule has 0 heterocycles. The third-order valence-electron chi connectivity index (χ3n) is 3.15. The van der Waals surface area contributed by atoms with Gasteiger partial charge in [0.05, 0.1) is 0 Å². The third-order valence-corrected chi connectivity index (χ3v) is 3.15. The molecule has 0 saturated carbocycles. The summed E-state index contributed by atoms with van der Waals surface area (Å²) in [5, 5.41) is 0. The Morgan fingerprint density at radius 3 is 2.44 bits per heavy atom. The van der Waals surface area contributed by atoms with E-state index in [0.29, 0.717) is 12.0 Å². The second kappa shape index (κ2) is 4.91. The van der Waals surface area contributed by atoms with Gasteiger partial charge >= 0.3 is 0 Å². The molecule has 0 amide bonds. The molecule has 0 aliphatic carbocycles. The molecule has 18 heavy (non-hydrogen) atoms. The molecule has 1 unspecified atom stereocenters. The molecule has 0 bridgehead atoms. The number of hydrogen-bond donors (Lipinski definition) is 1. The maximum Gasteiger partial charge on any atom is 0.128 e. The third kappa shape index (κ3) is 2.77. The van der Waals surface area contributed by atoms with E-state index in [-0.39, 0.29) is 5.82 Å². The Morgan fingerprint density at radius 1 is 1.11 bits per heavy atom. The van der Waals surface area contributed by atoms with Crippen molar-refractivity contribution in [2.45, 2.75) is 25.8 Å². The predicted molar refractivity (Wildman–Crippen MR) is 72.8 cm³/mol. The second-order valence-corrected chi connectivity index (χ2v) is 5.06. The van der Waals surface area contributed by atoms with E-state index in [1.165, 1.54) is 6.07 Å². The molecule has 1 nitrogen and oxygen atoms in total. The van der Waals surface area contributed by atoms with Gasteiger partial charge in [0, 0.05) is 11.1 Å². The minimum Gasteiger partial charge on any atom is -0.321 e. The van der Waals surface area contributed by atoms with Crippen molar-refractivity contribution in [1.29, 1.82) is 0 Å². The van der Waals surface area contributed by atoms with Gasteiger partial charge in [-0.3, -0.25) is 0 Å². The van der Waals surface area contributed by atoms with Crippen molar-refractivity contribution in [3.63, 3.8) is 0 Å². The fourth-order valence-corrected chi connectivity index (χ4v) is 2.19. The van der Waals surface area contributed by atoms with Crippen LogP contribution in [0.2, 0.25) is 0 Å². The highest BCUT2D eigenvalue weighted by atomic mass is 19.1. The summed E-state index contributed by atoms with van der Waals surface area (Å²) >= 11 is 0. The first-order valence-corrected chi connectivity index (χ1v) is 6.08. The molecular formula is C16H18FN. The van der Waals surface area contributed by atoms with Crippen LogP contribution in [0.15, 0.2) is 48.5 Å². The van der Waals surface area contributed by atoms with Crippen molar-refractivity contribution in [1.82, 2.24) is 0 Å². The van der Waals surface area contributed by atoms with Crippen molar-refractivity contribution in [2.75, 3.05) is 0 Å². The van der Waals surface area contributed by atoms with E-state index < -0.39 is 5.54 Å². The lowest BCUT2D eigenvalue weighted by Gasteiger charge is -2.26. The standard InChI is InChI=1S/C16H18FN/c1-12-8-9-15(17)14(10-12)16(2,18)11-13-6-4-3-5-7-13/h3-10H,11,18H2,1-2H3. The molecule has 0 aliphatic rings. The van der Waals surface area contributed by atoms with Gasteiger partial charge in [0.1, 0.15) is 5.82 Å². The molecular weight excluding hydrogens is 225 g/mol. The summed E-state index contributed by atoms with van der Waals surface area (Å²) < 4.78 is 13.9. The van der Waals surface area contributed by atoms with Gasteiger partial charge in [-0.05, 0) is 31.9 Å². The summed E-state index contributed by atoms with van der Waals surface area (Å²) in [5.41, 5.74) is 8.32. The number of aryl methyl sites for hydroxylation is 1. The molecule has 2 aromatic carbocycles. The summed E-state index contributed by atoms with van der Waals surface area (Å²) in [5.74, 6) is -0.235. The van der Waals surface area contributed by atoms with Crippen molar-refractivity contribution in [2.24, 2.45) is 5.73 Å². The molecule has 0 aliphatic heterocycles. The summed E-state index contributed by atoms with van der Waals surface area (Å²) in [6.07, 6.45) is 0.619. The van der Waals surface area contributed by atoms with Gasteiger partial charge in [-0.25, -0.2) is 4.39 Å². The lowest BCUT2D eigenvalue weighted by atomic mass is 9.85. The molecule has 2 N–H and O–H groups in total. The molecule has 2 aromatic rings. The first-order valence-electron chi connectivity index (χ1n) is 6.08. The maximum atomic E-state index is 13.9. The average Bonchev–Trinajstić information content (AvgIpc) is 2.33. The van der Waals surface area contributed by atoms with Gasteiger partial charge in [-0.2, -0.15) is 0 Å². The van der Waals surface area contributed by atoms with Crippen LogP contribution in [0.25, 0.3) is 0 Å². The highest BCUT2D eigenvalue weighted by Gasteiger charge is 2.25. The number of rotatable bonds is 3. The van der Waals surface area contributed by atoms with Crippen LogP contribution in [-0.4, -0.2) is 0 Å². The highest BCUT2D eigenvalue weighted by Crippen LogP contribution is 2.26. The zero-order valence-corrected chi connectivity index (χ0v) is 10.8. The fourth-order valence-electron chi connectivity index (χ4n) is 2.19. The van der Waals surface area contributed by atoms with Crippen LogP contribution in [0.5, 0.6) is 0 Å². The van der Waals surface area contributed by atoms with E-state index in [2.05, 4.69) is 0 Å². The van der Waals surface area contributed by atoms with E-state index in [1.54, 1.807) is 6.07 Å². The average molecular weight is 243 g/mol. The zero-order valence-electron chi connectivity index (χ0n) is 10.8. The van der Waals surface area contributed by atoms with Crippen molar-refractivity contribution >= 4 is 0 Å². The summed E-state index contributed by atoms with van der Waals surface area (Å²) in [6, 6.07) is 15.0. The summed E-state index contributed by atoms with van der Waals surface area (Å²) in [6.45, 7) is 3.82. The van der Waals surface area contributed by atoms with Crippen LogP contribution >= 0.6 is 0 Å². The van der Waals surface area contributed by atoms with Gasteiger partial charge in [0.25, 0.3) is 0 Å². The van der Waals surface area contributed by atoms with Crippen LogP contribution in [0, 0.1) is 12.7 Å². The van der Waals surface area contributed by atoms with E-state index in [9.17, 15) is 4.39 Å². The minimum absolute atomic E-state index is 0.235. The Bertz CT molecular complexity index is 532. The second-order valence-electron chi connectivity index (χ2n) is 5.06. The van der Waals surface area contributed by atoms with Gasteiger partial charge in [-0.1, -0.05) is 48.0 Å². The van der Waals surface area contributed by atoms with Gasteiger partial charge < -0.3 is 5.73 Å². The van der Waals surface area contributed by atoms with Gasteiger partial charge in [0.2, 0.25) is 0 Å². The van der Waals surface area contributed by atoms with Crippen molar-refractivity contribution < 1.29 is 4.39 Å². The Morgan fingerprint density at radius 2 is 1.78 bits per heavy atom. The Balaban J connectivity index is 2.33. The molecule has 0 spiro atoms. The number of halogens is 1. The predicted octanol–water partition coefficient (Wildman–Crippen LogP) is 3.55. The number of nitrogens with two attached hydrogens (primary N) is 1. The SMILES string of the molecule is Cc1ccc(F)c(C(C)(N)Cc2ccccc2)c1. The first kappa shape index (κ1) is 12.8. The van der Waals surface area contributed by atoms with Crippen LogP contribution in [0.3, 0.4) is 0 Å². The zero-order chi connectivity index (χ0) is 13.2. The van der Waals surface area contributed by atoms with Crippen LogP contribution in [0.4, 0.5) is 4.39 Å². The monoisotopic (exact) mass is 243 g/mol. The Hall–Kier alpha value is -1.67. The molecule has 94 valence electrons. The smallest absolute Gasteiger partial charge is 0.128 e. The molecule has 2 heteroatoms. The molecule has 0 fully saturated rings. The lowest BCUT2D eigenvalue weighted by Crippen LogP contribution is -2.36. The topological polar surface area (TPSA) is 26.0 Å². The molecule has 0 aromatic heterocycles. The quantitative estimate of drug-likeness (QED) is 0.876. The highest BCUT2D eigenvalue weighted by molar-refractivity contribution is 5.32. The van der Waals surface area contributed by atoms with Gasteiger partial charge in [-0.15, -0.1) is 0 Å². The van der Waals surface area contributed by atoms with E-state index in [1.807, 2.05) is 50.2 Å². The molecule has 1 atom stereocenters. The molecule has 0 radical (unpaired) electrons. The van der Waals surface area contributed by atoms with E-state index in [4.69, 9.17) is 5.73 Å². The lowest BCUT2D eigenvalue weighted by molar-refractivity contribution is 0.457. The van der Waals surface area contributed by atoms with Crippen LogP contribution < -0.4 is 5.73 Å². The number of benzene rings is 2. The number of hydrogen-bond acceptors (Lipinski definition) is 1. The van der Waals surface area contributed by atoms with Crippen molar-refractivity contribution in [3.8, 4) is 0 Å². The van der Waals surface area contributed by atoms with E-state index >= 15 is 0 Å².